The number of amides is 2. The fourth-order valence-electron chi connectivity index (χ4n) is 1.78. The topological polar surface area (TPSA) is 52.6 Å². The lowest BCUT2D eigenvalue weighted by atomic mass is 10.1. The van der Waals surface area contributed by atoms with Crippen molar-refractivity contribution in [2.45, 2.75) is 6.92 Å². The van der Waals surface area contributed by atoms with Crippen LogP contribution >= 0.6 is 0 Å². The number of carbonyl (C=O) groups is 1. The number of benzene rings is 2. The maximum absolute atomic E-state index is 12.0. The fraction of sp³-hybridized carbons (Fsp3) is 0.118. The Balaban J connectivity index is 1.94. The quantitative estimate of drug-likeness (QED) is 0.905. The van der Waals surface area contributed by atoms with Crippen LogP contribution in [-0.4, -0.2) is 18.2 Å². The second-order valence-corrected chi connectivity index (χ2v) is 4.77. The van der Waals surface area contributed by atoms with Gasteiger partial charge in [0.25, 0.3) is 0 Å². The van der Waals surface area contributed by atoms with Gasteiger partial charge in [0.2, 0.25) is 0 Å². The predicted molar refractivity (Wildman–Crippen MR) is 85.3 cm³/mol. The van der Waals surface area contributed by atoms with Crippen molar-refractivity contribution in [3.05, 3.63) is 65.9 Å². The van der Waals surface area contributed by atoms with E-state index in [4.69, 9.17) is 0 Å². The summed E-state index contributed by atoms with van der Waals surface area (Å²) in [6, 6.07) is 14.2. The molecule has 0 spiro atoms. The van der Waals surface area contributed by atoms with Gasteiger partial charge in [-0.1, -0.05) is 29.8 Å². The van der Waals surface area contributed by atoms with Crippen LogP contribution in [0.15, 0.2) is 54.7 Å². The largest absolute Gasteiger partial charge is 0.508 e. The van der Waals surface area contributed by atoms with Gasteiger partial charge in [-0.25, -0.2) is 4.79 Å². The van der Waals surface area contributed by atoms with Crippen molar-refractivity contribution >= 4 is 17.8 Å². The molecule has 0 aromatic heterocycles. The Hall–Kier alpha value is -2.75. The third-order valence-corrected chi connectivity index (χ3v) is 3.10. The fourth-order valence-corrected chi connectivity index (χ4v) is 1.78. The van der Waals surface area contributed by atoms with Crippen molar-refractivity contribution in [2.24, 2.45) is 0 Å². The Labute approximate surface area is 124 Å². The molecule has 2 N–H and O–H groups in total. The second-order valence-electron chi connectivity index (χ2n) is 4.77. The van der Waals surface area contributed by atoms with Crippen molar-refractivity contribution in [1.29, 1.82) is 0 Å². The van der Waals surface area contributed by atoms with E-state index in [0.29, 0.717) is 5.69 Å². The summed E-state index contributed by atoms with van der Waals surface area (Å²) >= 11 is 0. The lowest BCUT2D eigenvalue weighted by Gasteiger charge is -2.16. The first-order valence-corrected chi connectivity index (χ1v) is 6.63. The molecule has 0 heterocycles. The molecule has 4 nitrogen and oxygen atoms in total. The third kappa shape index (κ3) is 4.11. The molecule has 21 heavy (non-hydrogen) atoms. The number of aryl methyl sites for hydroxylation is 1. The van der Waals surface area contributed by atoms with Crippen molar-refractivity contribution in [3.63, 3.8) is 0 Å². The Morgan fingerprint density at radius 1 is 1.10 bits per heavy atom. The number of hydrogen-bond donors (Lipinski definition) is 2. The number of nitrogens with one attached hydrogen (secondary N) is 1. The molecule has 0 saturated heterocycles. The van der Waals surface area contributed by atoms with E-state index in [-0.39, 0.29) is 11.8 Å². The SMILES string of the molecule is Cc1ccc(/C=C/NC(=O)N(C)c2ccc(O)cc2)cc1. The minimum Gasteiger partial charge on any atom is -0.508 e. The summed E-state index contributed by atoms with van der Waals surface area (Å²) in [6.45, 7) is 2.03. The maximum Gasteiger partial charge on any atom is 0.325 e. The van der Waals surface area contributed by atoms with Gasteiger partial charge in [-0.15, -0.1) is 0 Å². The van der Waals surface area contributed by atoms with Gasteiger partial charge in [0.15, 0.2) is 0 Å². The number of aromatic hydroxyl groups is 1. The van der Waals surface area contributed by atoms with Crippen LogP contribution in [0.4, 0.5) is 10.5 Å². The highest BCUT2D eigenvalue weighted by Gasteiger charge is 2.08. The monoisotopic (exact) mass is 282 g/mol. The van der Waals surface area contributed by atoms with Crippen LogP contribution in [-0.2, 0) is 0 Å². The van der Waals surface area contributed by atoms with Crippen LogP contribution < -0.4 is 10.2 Å². The molecule has 0 aliphatic heterocycles. The number of phenols is 1. The predicted octanol–water partition coefficient (Wildman–Crippen LogP) is 3.52. The molecule has 0 atom stereocenters. The number of nitrogens with zero attached hydrogens (tertiary/aromatic N) is 1. The molecule has 0 saturated carbocycles. The van der Waals surface area contributed by atoms with E-state index in [1.54, 1.807) is 37.5 Å². The lowest BCUT2D eigenvalue weighted by Crippen LogP contribution is -2.34. The third-order valence-electron chi connectivity index (χ3n) is 3.10. The number of urea groups is 1. The molecular weight excluding hydrogens is 264 g/mol. The first-order valence-electron chi connectivity index (χ1n) is 6.63. The van der Waals surface area contributed by atoms with Crippen molar-refractivity contribution in [2.75, 3.05) is 11.9 Å². The standard InChI is InChI=1S/C17H18N2O2/c1-13-3-5-14(6-4-13)11-12-18-17(21)19(2)15-7-9-16(20)10-8-15/h3-12,20H,1-2H3,(H,18,21)/b12-11+. The van der Waals surface area contributed by atoms with Gasteiger partial charge in [-0.2, -0.15) is 0 Å². The first-order chi connectivity index (χ1) is 10.1. The molecule has 0 bridgehead atoms. The van der Waals surface area contributed by atoms with Gasteiger partial charge in [0, 0.05) is 18.9 Å². The molecule has 0 aliphatic carbocycles. The summed E-state index contributed by atoms with van der Waals surface area (Å²) in [5.41, 5.74) is 2.92. The van der Waals surface area contributed by atoms with Crippen LogP contribution in [0.5, 0.6) is 5.75 Å². The molecular formula is C17H18N2O2. The molecule has 0 unspecified atom stereocenters. The zero-order valence-corrected chi connectivity index (χ0v) is 12.1. The van der Waals surface area contributed by atoms with E-state index in [1.165, 1.54) is 10.5 Å². The van der Waals surface area contributed by atoms with Crippen molar-refractivity contribution < 1.29 is 9.90 Å². The lowest BCUT2D eigenvalue weighted by molar-refractivity contribution is 0.250. The smallest absolute Gasteiger partial charge is 0.325 e. The van der Waals surface area contributed by atoms with Crippen LogP contribution in [0, 0.1) is 6.92 Å². The van der Waals surface area contributed by atoms with Crippen molar-refractivity contribution in [3.8, 4) is 5.75 Å². The molecule has 0 radical (unpaired) electrons. The number of phenolic OH excluding ortho intramolecular Hbond substituents is 1. The highest BCUT2D eigenvalue weighted by atomic mass is 16.3. The van der Waals surface area contributed by atoms with Gasteiger partial charge in [0.1, 0.15) is 5.75 Å². The van der Waals surface area contributed by atoms with Gasteiger partial charge < -0.3 is 10.4 Å². The molecule has 2 aromatic rings. The minimum absolute atomic E-state index is 0.173. The molecule has 4 heteroatoms. The summed E-state index contributed by atoms with van der Waals surface area (Å²) in [4.78, 5) is 13.4. The van der Waals surface area contributed by atoms with E-state index in [9.17, 15) is 9.90 Å². The van der Waals surface area contributed by atoms with Crippen LogP contribution in [0.2, 0.25) is 0 Å². The Bertz CT molecular complexity index is 631. The molecule has 108 valence electrons. The average molecular weight is 282 g/mol. The molecule has 2 amide bonds. The van der Waals surface area contributed by atoms with E-state index in [1.807, 2.05) is 37.3 Å². The van der Waals surface area contributed by atoms with Crippen LogP contribution in [0.25, 0.3) is 6.08 Å². The van der Waals surface area contributed by atoms with Crippen LogP contribution in [0.3, 0.4) is 0 Å². The number of hydrogen-bond acceptors (Lipinski definition) is 2. The average Bonchev–Trinajstić information content (AvgIpc) is 2.49. The first kappa shape index (κ1) is 14.7. The highest BCUT2D eigenvalue weighted by Crippen LogP contribution is 2.17. The molecule has 2 rings (SSSR count). The molecule has 0 fully saturated rings. The Morgan fingerprint density at radius 3 is 2.33 bits per heavy atom. The minimum atomic E-state index is -0.246. The van der Waals surface area contributed by atoms with Gasteiger partial charge in [-0.05, 0) is 42.8 Å². The second kappa shape index (κ2) is 6.61. The normalized spacial score (nSPS) is 10.6. The number of anilines is 1. The molecule has 2 aromatic carbocycles. The van der Waals surface area contributed by atoms with Crippen molar-refractivity contribution in [1.82, 2.24) is 5.32 Å². The van der Waals surface area contributed by atoms with E-state index in [0.717, 1.165) is 5.56 Å². The van der Waals surface area contributed by atoms with Crippen LogP contribution in [0.1, 0.15) is 11.1 Å². The summed E-state index contributed by atoms with van der Waals surface area (Å²) in [6.07, 6.45) is 3.45. The summed E-state index contributed by atoms with van der Waals surface area (Å²) in [7, 11) is 1.67. The zero-order valence-electron chi connectivity index (χ0n) is 12.1. The molecule has 0 aliphatic rings. The summed E-state index contributed by atoms with van der Waals surface area (Å²) < 4.78 is 0. The van der Waals surface area contributed by atoms with E-state index in [2.05, 4.69) is 5.32 Å². The summed E-state index contributed by atoms with van der Waals surface area (Å²) in [5, 5.41) is 11.9. The van der Waals surface area contributed by atoms with Gasteiger partial charge in [0.05, 0.1) is 0 Å². The van der Waals surface area contributed by atoms with Gasteiger partial charge in [-0.3, -0.25) is 4.90 Å². The Morgan fingerprint density at radius 2 is 1.71 bits per heavy atom. The Kier molecular flexibility index (Phi) is 4.61. The number of carbonyl (C=O) groups excluding carboxylic acids is 1. The highest BCUT2D eigenvalue weighted by molar-refractivity contribution is 5.92. The van der Waals surface area contributed by atoms with E-state index >= 15 is 0 Å². The van der Waals surface area contributed by atoms with Gasteiger partial charge >= 0.3 is 6.03 Å². The zero-order chi connectivity index (χ0) is 15.2. The van der Waals surface area contributed by atoms with E-state index < -0.39 is 0 Å². The maximum atomic E-state index is 12.0. The summed E-state index contributed by atoms with van der Waals surface area (Å²) in [5.74, 6) is 0.173. The number of rotatable bonds is 3.